The molecule has 3 aromatic rings. The number of thioether (sulfide) groups is 1. The maximum absolute atomic E-state index is 9.56. The van der Waals surface area contributed by atoms with Gasteiger partial charge in [-0.3, -0.25) is 4.98 Å². The molecule has 0 amide bonds. The molecule has 32 heavy (non-hydrogen) atoms. The number of halogens is 1. The van der Waals surface area contributed by atoms with Gasteiger partial charge >= 0.3 is 0 Å². The molecule has 2 saturated carbocycles. The van der Waals surface area contributed by atoms with E-state index in [1.54, 1.807) is 12.4 Å². The molecule has 0 aliphatic heterocycles. The second-order valence-corrected chi connectivity index (χ2v) is 10.9. The van der Waals surface area contributed by atoms with Crippen molar-refractivity contribution in [2.75, 3.05) is 0 Å². The van der Waals surface area contributed by atoms with E-state index < -0.39 is 0 Å². The fraction of sp³-hybridized carbons (Fsp3) is 0.542. The van der Waals surface area contributed by atoms with Gasteiger partial charge in [-0.15, -0.1) is 0 Å². The van der Waals surface area contributed by atoms with Crippen LogP contribution in [0.1, 0.15) is 64.1 Å². The molecule has 0 spiro atoms. The van der Waals surface area contributed by atoms with Gasteiger partial charge in [-0.2, -0.15) is 10.2 Å². The molecule has 0 N–H and O–H groups in total. The van der Waals surface area contributed by atoms with Gasteiger partial charge in [0.25, 0.3) is 0 Å². The molecule has 2 fully saturated rings. The molecule has 8 heteroatoms. The van der Waals surface area contributed by atoms with Crippen LogP contribution in [-0.4, -0.2) is 29.8 Å². The summed E-state index contributed by atoms with van der Waals surface area (Å²) in [4.78, 5) is 18.3. The Morgan fingerprint density at radius 2 is 1.88 bits per heavy atom. The average Bonchev–Trinajstić information content (AvgIpc) is 3.43. The number of nitrogens with zero attached hydrogens (tertiary/aromatic N) is 6. The number of aromatic nitrogens is 5. The SMILES string of the molecule is C[C@H]1CC[C@H](Cn2c(SC3CCCC3)nc3nc(C#N)nc(-c4cncc(Cl)c4)c32)CC1. The molecule has 0 saturated heterocycles. The summed E-state index contributed by atoms with van der Waals surface area (Å²) in [5.74, 6) is 1.56. The van der Waals surface area contributed by atoms with Crippen LogP contribution in [0.2, 0.25) is 5.02 Å². The second-order valence-electron chi connectivity index (χ2n) is 9.23. The molecule has 3 heterocycles. The van der Waals surface area contributed by atoms with Crippen LogP contribution >= 0.6 is 23.4 Å². The highest BCUT2D eigenvalue weighted by Crippen LogP contribution is 2.39. The summed E-state index contributed by atoms with van der Waals surface area (Å²) >= 11 is 8.12. The Hall–Kier alpha value is -2.17. The van der Waals surface area contributed by atoms with Crippen molar-refractivity contribution >= 4 is 34.5 Å². The van der Waals surface area contributed by atoms with E-state index in [4.69, 9.17) is 16.6 Å². The predicted molar refractivity (Wildman–Crippen MR) is 128 cm³/mol. The second kappa shape index (κ2) is 9.36. The van der Waals surface area contributed by atoms with Crippen molar-refractivity contribution < 1.29 is 0 Å². The van der Waals surface area contributed by atoms with Crippen molar-refractivity contribution in [3.05, 3.63) is 29.3 Å². The van der Waals surface area contributed by atoms with E-state index in [0.717, 1.165) is 28.7 Å². The van der Waals surface area contributed by atoms with Gasteiger partial charge < -0.3 is 4.57 Å². The molecule has 0 unspecified atom stereocenters. The van der Waals surface area contributed by atoms with Crippen LogP contribution in [0.3, 0.4) is 0 Å². The van der Waals surface area contributed by atoms with Crippen LogP contribution in [-0.2, 0) is 6.54 Å². The Kier molecular flexibility index (Phi) is 6.34. The van der Waals surface area contributed by atoms with Gasteiger partial charge in [0.1, 0.15) is 17.3 Å². The number of imidazole rings is 1. The minimum atomic E-state index is 0.126. The standard InChI is InChI=1S/C24H27ClN6S/c1-15-6-8-16(9-7-15)14-31-22-21(17-10-18(25)13-27-12-17)28-20(11-26)29-23(22)30-24(31)32-19-4-2-3-5-19/h10,12-13,15-16,19H,2-9,14H2,1H3/t15-,16-. The van der Waals surface area contributed by atoms with E-state index in [2.05, 4.69) is 32.5 Å². The van der Waals surface area contributed by atoms with Crippen molar-refractivity contribution in [1.29, 1.82) is 5.26 Å². The van der Waals surface area contributed by atoms with Gasteiger partial charge in [0, 0.05) is 29.8 Å². The van der Waals surface area contributed by atoms with E-state index in [-0.39, 0.29) is 5.82 Å². The number of fused-ring (bicyclic) bond motifs is 1. The van der Waals surface area contributed by atoms with E-state index in [9.17, 15) is 5.26 Å². The lowest BCUT2D eigenvalue weighted by Crippen LogP contribution is -2.18. The zero-order valence-corrected chi connectivity index (χ0v) is 19.9. The van der Waals surface area contributed by atoms with Crippen molar-refractivity contribution in [3.63, 3.8) is 0 Å². The summed E-state index contributed by atoms with van der Waals surface area (Å²) in [6.07, 6.45) is 13.4. The third kappa shape index (κ3) is 4.49. The number of hydrogen-bond acceptors (Lipinski definition) is 6. The van der Waals surface area contributed by atoms with Crippen molar-refractivity contribution in [2.45, 2.75) is 75.2 Å². The first-order valence-corrected chi connectivity index (χ1v) is 12.8. The first kappa shape index (κ1) is 21.7. The van der Waals surface area contributed by atoms with Crippen LogP contribution in [0.5, 0.6) is 0 Å². The maximum atomic E-state index is 9.56. The fourth-order valence-corrected chi connectivity index (χ4v) is 6.47. The summed E-state index contributed by atoms with van der Waals surface area (Å²) in [5, 5.41) is 11.7. The molecule has 0 radical (unpaired) electrons. The van der Waals surface area contributed by atoms with Crippen LogP contribution in [0, 0.1) is 23.2 Å². The normalized spacial score (nSPS) is 21.8. The Morgan fingerprint density at radius 1 is 1.09 bits per heavy atom. The van der Waals surface area contributed by atoms with Crippen LogP contribution in [0.15, 0.2) is 23.6 Å². The summed E-state index contributed by atoms with van der Waals surface area (Å²) in [6.45, 7) is 3.26. The lowest BCUT2D eigenvalue weighted by atomic mass is 9.83. The predicted octanol–water partition coefficient (Wildman–Crippen LogP) is 6.27. The van der Waals surface area contributed by atoms with Crippen molar-refractivity contribution in [3.8, 4) is 17.3 Å². The fourth-order valence-electron chi connectivity index (χ4n) is 4.99. The third-order valence-electron chi connectivity index (χ3n) is 6.80. The summed E-state index contributed by atoms with van der Waals surface area (Å²) in [6, 6.07) is 3.95. The molecule has 6 nitrogen and oxygen atoms in total. The van der Waals surface area contributed by atoms with Crippen LogP contribution in [0.4, 0.5) is 0 Å². The molecular formula is C24H27ClN6S. The van der Waals surface area contributed by atoms with Gasteiger partial charge in [0.15, 0.2) is 10.8 Å². The molecule has 0 aromatic carbocycles. The number of rotatable bonds is 5. The Labute approximate surface area is 197 Å². The summed E-state index contributed by atoms with van der Waals surface area (Å²) < 4.78 is 2.33. The van der Waals surface area contributed by atoms with Crippen LogP contribution < -0.4 is 0 Å². The molecule has 5 rings (SSSR count). The van der Waals surface area contributed by atoms with Gasteiger partial charge in [-0.05, 0) is 43.6 Å². The first-order valence-electron chi connectivity index (χ1n) is 11.6. The number of pyridine rings is 1. The van der Waals surface area contributed by atoms with E-state index in [0.29, 0.717) is 27.5 Å². The Bertz CT molecular complexity index is 1160. The molecule has 166 valence electrons. The first-order chi connectivity index (χ1) is 15.6. The highest BCUT2D eigenvalue weighted by atomic mass is 35.5. The number of nitriles is 1. The maximum Gasteiger partial charge on any atom is 0.234 e. The summed E-state index contributed by atoms with van der Waals surface area (Å²) in [5.41, 5.74) is 2.97. The van der Waals surface area contributed by atoms with Crippen LogP contribution in [0.25, 0.3) is 22.4 Å². The number of hydrogen-bond donors (Lipinski definition) is 0. The van der Waals surface area contributed by atoms with Crippen molar-refractivity contribution in [2.24, 2.45) is 11.8 Å². The van der Waals surface area contributed by atoms with Gasteiger partial charge in [0.2, 0.25) is 5.82 Å². The van der Waals surface area contributed by atoms with Crippen molar-refractivity contribution in [1.82, 2.24) is 24.5 Å². The summed E-state index contributed by atoms with van der Waals surface area (Å²) in [7, 11) is 0. The highest BCUT2D eigenvalue weighted by Gasteiger charge is 2.27. The third-order valence-corrected chi connectivity index (χ3v) is 8.33. The van der Waals surface area contributed by atoms with E-state index in [1.807, 2.05) is 17.8 Å². The van der Waals surface area contributed by atoms with Gasteiger partial charge in [0.05, 0.1) is 5.02 Å². The molecule has 0 bridgehead atoms. The van der Waals surface area contributed by atoms with E-state index in [1.165, 1.54) is 51.4 Å². The lowest BCUT2D eigenvalue weighted by Gasteiger charge is -2.27. The molecule has 3 aromatic heterocycles. The molecule has 2 aliphatic rings. The van der Waals surface area contributed by atoms with Gasteiger partial charge in [-0.1, -0.05) is 56.0 Å². The monoisotopic (exact) mass is 466 g/mol. The smallest absolute Gasteiger partial charge is 0.234 e. The minimum absolute atomic E-state index is 0.126. The molecular weight excluding hydrogens is 440 g/mol. The topological polar surface area (TPSA) is 80.3 Å². The quantitative estimate of drug-likeness (QED) is 0.440. The zero-order valence-electron chi connectivity index (χ0n) is 18.3. The zero-order chi connectivity index (χ0) is 22.1. The Balaban J connectivity index is 1.64. The molecule has 0 atom stereocenters. The van der Waals surface area contributed by atoms with Gasteiger partial charge in [-0.25, -0.2) is 9.97 Å². The highest BCUT2D eigenvalue weighted by molar-refractivity contribution is 7.99. The minimum Gasteiger partial charge on any atom is -0.315 e. The Morgan fingerprint density at radius 3 is 2.59 bits per heavy atom. The largest absolute Gasteiger partial charge is 0.315 e. The molecule has 2 aliphatic carbocycles. The average molecular weight is 467 g/mol. The van der Waals surface area contributed by atoms with E-state index >= 15 is 0 Å². The lowest BCUT2D eigenvalue weighted by molar-refractivity contribution is 0.262.